The Bertz CT molecular complexity index is 1410. The second-order valence-corrected chi connectivity index (χ2v) is 12.0. The molecule has 3 aromatic rings. The summed E-state index contributed by atoms with van der Waals surface area (Å²) < 4.78 is 34.4. The van der Waals surface area contributed by atoms with Gasteiger partial charge >= 0.3 is 0 Å². The van der Waals surface area contributed by atoms with Crippen LogP contribution < -0.4 is 14.4 Å². The van der Waals surface area contributed by atoms with Gasteiger partial charge in [0.15, 0.2) is 0 Å². The number of carbonyl (C=O) groups excluding carboxylic acids is 2. The summed E-state index contributed by atoms with van der Waals surface area (Å²) >= 11 is 6.19. The number of nitrogens with one attached hydrogen (secondary N) is 1. The molecule has 8 nitrogen and oxygen atoms in total. The first-order valence-electron chi connectivity index (χ1n) is 13.7. The van der Waals surface area contributed by atoms with E-state index in [-0.39, 0.29) is 17.3 Å². The number of unbranched alkanes of at least 4 members (excludes halogenated alkanes) is 1. The zero-order valence-electron chi connectivity index (χ0n) is 24.0. The highest BCUT2D eigenvalue weighted by molar-refractivity contribution is 7.92. The highest BCUT2D eigenvalue weighted by Gasteiger charge is 2.32. The van der Waals surface area contributed by atoms with Gasteiger partial charge in [-0.2, -0.15) is 0 Å². The molecule has 0 saturated carbocycles. The molecule has 0 aliphatic heterocycles. The number of hydrogen-bond donors (Lipinski definition) is 1. The first-order valence-corrected chi connectivity index (χ1v) is 15.5. The Labute approximate surface area is 248 Å². The third-order valence-corrected chi connectivity index (χ3v) is 8.59. The van der Waals surface area contributed by atoms with E-state index in [2.05, 4.69) is 5.32 Å². The molecular formula is C31H38ClN3O5S. The van der Waals surface area contributed by atoms with Crippen LogP contribution in [-0.4, -0.2) is 50.9 Å². The molecule has 3 aromatic carbocycles. The zero-order valence-corrected chi connectivity index (χ0v) is 25.5. The SMILES string of the molecule is CCCCNC(=O)[C@@H](C)N(Cc1cccc(Cl)c1)C(=O)CN(c1ccc(C)cc1)S(=O)(=O)c1ccc(OCC)cc1. The molecule has 0 unspecified atom stereocenters. The number of hydrogen-bond acceptors (Lipinski definition) is 5. The number of rotatable bonds is 14. The molecule has 0 bridgehead atoms. The standard InChI is InChI=1S/C31H38ClN3O5S/c1-5-7-19-33-31(37)24(4)34(21-25-9-8-10-26(32)20-25)30(36)22-35(27-13-11-23(3)12-14-27)41(38,39)29-17-15-28(16-18-29)40-6-2/h8-18,20,24H,5-7,19,21-22H2,1-4H3,(H,33,37)/t24-/m1/s1. The molecule has 220 valence electrons. The van der Waals surface area contributed by atoms with Crippen LogP contribution in [0.1, 0.15) is 44.7 Å². The number of amides is 2. The summed E-state index contributed by atoms with van der Waals surface area (Å²) in [6.07, 6.45) is 1.72. The molecule has 3 rings (SSSR count). The van der Waals surface area contributed by atoms with E-state index in [9.17, 15) is 18.0 Å². The molecule has 0 saturated heterocycles. The van der Waals surface area contributed by atoms with Crippen molar-refractivity contribution in [3.05, 3.63) is 88.9 Å². The maximum Gasteiger partial charge on any atom is 0.264 e. The van der Waals surface area contributed by atoms with Gasteiger partial charge in [0, 0.05) is 18.1 Å². The van der Waals surface area contributed by atoms with E-state index in [1.807, 2.05) is 26.8 Å². The molecule has 2 amide bonds. The van der Waals surface area contributed by atoms with Crippen LogP contribution in [-0.2, 0) is 26.2 Å². The van der Waals surface area contributed by atoms with Crippen molar-refractivity contribution in [3.8, 4) is 5.75 Å². The molecule has 0 heterocycles. The average Bonchev–Trinajstić information content (AvgIpc) is 2.95. The fourth-order valence-corrected chi connectivity index (χ4v) is 5.82. The summed E-state index contributed by atoms with van der Waals surface area (Å²) in [4.78, 5) is 28.4. The lowest BCUT2D eigenvalue weighted by Gasteiger charge is -2.32. The second-order valence-electron chi connectivity index (χ2n) is 9.72. The van der Waals surface area contributed by atoms with Crippen LogP contribution in [0.2, 0.25) is 5.02 Å². The van der Waals surface area contributed by atoms with Crippen molar-refractivity contribution in [1.29, 1.82) is 0 Å². The molecule has 1 N–H and O–H groups in total. The van der Waals surface area contributed by atoms with E-state index in [0.717, 1.165) is 28.3 Å². The Morgan fingerprint density at radius 2 is 1.68 bits per heavy atom. The van der Waals surface area contributed by atoms with Crippen LogP contribution in [0.5, 0.6) is 5.75 Å². The van der Waals surface area contributed by atoms with Gasteiger partial charge in [-0.15, -0.1) is 0 Å². The summed E-state index contributed by atoms with van der Waals surface area (Å²) in [6, 6.07) is 19.1. The topological polar surface area (TPSA) is 96.0 Å². The molecule has 1 atom stereocenters. The Morgan fingerprint density at radius 1 is 1.00 bits per heavy atom. The molecule has 0 aliphatic rings. The fraction of sp³-hybridized carbons (Fsp3) is 0.355. The number of nitrogens with zero attached hydrogens (tertiary/aromatic N) is 2. The van der Waals surface area contributed by atoms with Gasteiger partial charge in [0.2, 0.25) is 11.8 Å². The van der Waals surface area contributed by atoms with Crippen molar-refractivity contribution in [3.63, 3.8) is 0 Å². The minimum Gasteiger partial charge on any atom is -0.494 e. The minimum atomic E-state index is -4.16. The number of sulfonamides is 1. The summed E-state index contributed by atoms with van der Waals surface area (Å²) in [5.74, 6) is -0.302. The van der Waals surface area contributed by atoms with E-state index in [1.165, 1.54) is 17.0 Å². The van der Waals surface area contributed by atoms with Crippen molar-refractivity contribution >= 4 is 39.1 Å². The van der Waals surface area contributed by atoms with Crippen molar-refractivity contribution < 1.29 is 22.7 Å². The molecule has 10 heteroatoms. The Balaban J connectivity index is 1.99. The number of ether oxygens (including phenoxy) is 1. The number of anilines is 1. The lowest BCUT2D eigenvalue weighted by Crippen LogP contribution is -2.51. The average molecular weight is 600 g/mol. The first kappa shape index (κ1) is 32.0. The highest BCUT2D eigenvalue weighted by atomic mass is 35.5. The summed E-state index contributed by atoms with van der Waals surface area (Å²) in [6.45, 7) is 7.90. The molecule has 0 fully saturated rings. The minimum absolute atomic E-state index is 0.0149. The maximum atomic E-state index is 14.0. The summed E-state index contributed by atoms with van der Waals surface area (Å²) in [7, 11) is -4.16. The van der Waals surface area contributed by atoms with Gasteiger partial charge < -0.3 is 15.0 Å². The molecule has 0 aliphatic carbocycles. The number of halogens is 1. The maximum absolute atomic E-state index is 14.0. The van der Waals surface area contributed by atoms with Crippen LogP contribution in [0.25, 0.3) is 0 Å². The molecule has 0 radical (unpaired) electrons. The van der Waals surface area contributed by atoms with Crippen molar-refractivity contribution in [1.82, 2.24) is 10.2 Å². The van der Waals surface area contributed by atoms with Crippen LogP contribution in [0.15, 0.2) is 77.7 Å². The monoisotopic (exact) mass is 599 g/mol. The normalized spacial score (nSPS) is 11.9. The van der Waals surface area contributed by atoms with E-state index >= 15 is 0 Å². The smallest absolute Gasteiger partial charge is 0.264 e. The molecule has 0 spiro atoms. The number of aryl methyl sites for hydroxylation is 1. The third-order valence-electron chi connectivity index (χ3n) is 6.56. The number of carbonyl (C=O) groups is 2. The highest BCUT2D eigenvalue weighted by Crippen LogP contribution is 2.26. The zero-order chi connectivity index (χ0) is 30.0. The van der Waals surface area contributed by atoms with Gasteiger partial charge in [0.25, 0.3) is 10.0 Å². The van der Waals surface area contributed by atoms with Crippen LogP contribution in [0.4, 0.5) is 5.69 Å². The van der Waals surface area contributed by atoms with E-state index in [4.69, 9.17) is 16.3 Å². The van der Waals surface area contributed by atoms with Gasteiger partial charge in [-0.3, -0.25) is 13.9 Å². The van der Waals surface area contributed by atoms with Crippen LogP contribution in [0, 0.1) is 6.92 Å². The second kappa shape index (κ2) is 14.9. The van der Waals surface area contributed by atoms with Gasteiger partial charge in [0.1, 0.15) is 18.3 Å². The lowest BCUT2D eigenvalue weighted by molar-refractivity contribution is -0.139. The van der Waals surface area contributed by atoms with Gasteiger partial charge in [-0.25, -0.2) is 8.42 Å². The first-order chi connectivity index (χ1) is 19.6. The van der Waals surface area contributed by atoms with Gasteiger partial charge in [-0.1, -0.05) is 54.8 Å². The largest absolute Gasteiger partial charge is 0.494 e. The molecule has 0 aromatic heterocycles. The van der Waals surface area contributed by atoms with E-state index in [1.54, 1.807) is 61.5 Å². The summed E-state index contributed by atoms with van der Waals surface area (Å²) in [5, 5.41) is 3.37. The van der Waals surface area contributed by atoms with Crippen LogP contribution >= 0.6 is 11.6 Å². The summed E-state index contributed by atoms with van der Waals surface area (Å²) in [5.41, 5.74) is 1.99. The lowest BCUT2D eigenvalue weighted by atomic mass is 10.1. The quantitative estimate of drug-likeness (QED) is 0.244. The van der Waals surface area contributed by atoms with E-state index < -0.39 is 28.5 Å². The van der Waals surface area contributed by atoms with E-state index in [0.29, 0.717) is 29.6 Å². The van der Waals surface area contributed by atoms with Crippen molar-refractivity contribution in [2.45, 2.75) is 58.0 Å². The third kappa shape index (κ3) is 8.71. The van der Waals surface area contributed by atoms with Crippen molar-refractivity contribution in [2.75, 3.05) is 24.0 Å². The van der Waals surface area contributed by atoms with Gasteiger partial charge in [-0.05, 0) is 81.3 Å². The Kier molecular flexibility index (Phi) is 11.6. The van der Waals surface area contributed by atoms with Crippen molar-refractivity contribution in [2.24, 2.45) is 0 Å². The fourth-order valence-electron chi connectivity index (χ4n) is 4.19. The predicted octanol–water partition coefficient (Wildman–Crippen LogP) is 5.58. The van der Waals surface area contributed by atoms with Crippen LogP contribution in [0.3, 0.4) is 0 Å². The molecular weight excluding hydrogens is 562 g/mol. The molecule has 41 heavy (non-hydrogen) atoms. The predicted molar refractivity (Wildman–Crippen MR) is 163 cm³/mol. The Hall–Kier alpha value is -3.56. The number of benzene rings is 3. The Morgan fingerprint density at radius 3 is 2.29 bits per heavy atom. The van der Waals surface area contributed by atoms with Gasteiger partial charge in [0.05, 0.1) is 17.2 Å².